The van der Waals surface area contributed by atoms with E-state index in [4.69, 9.17) is 12.2 Å². The summed E-state index contributed by atoms with van der Waals surface area (Å²) in [5, 5.41) is 8.92. The molecule has 0 aliphatic heterocycles. The molecule has 2 aliphatic rings. The maximum absolute atomic E-state index is 5.62. The molecule has 4 nitrogen and oxygen atoms in total. The first-order valence-electron chi connectivity index (χ1n) is 8.79. The standard InChI is InChI=1S/C19H24N4S/c1-22(19(24)21-18-10-14-7-8-16(18)9-14)12-15-11-20-23(13-15)17-5-3-2-4-6-17/h2-6,11,13-14,16,18H,7-10,12H2,1H3,(H,21,24). The molecule has 24 heavy (non-hydrogen) atoms. The molecule has 4 rings (SSSR count). The van der Waals surface area contributed by atoms with Crippen LogP contribution in [0.5, 0.6) is 0 Å². The zero-order chi connectivity index (χ0) is 16.5. The predicted molar refractivity (Wildman–Crippen MR) is 100 cm³/mol. The van der Waals surface area contributed by atoms with Crippen LogP contribution >= 0.6 is 12.2 Å². The molecule has 2 saturated carbocycles. The quantitative estimate of drug-likeness (QED) is 0.865. The highest BCUT2D eigenvalue weighted by molar-refractivity contribution is 7.80. The number of benzene rings is 1. The van der Waals surface area contributed by atoms with E-state index in [-0.39, 0.29) is 0 Å². The highest BCUT2D eigenvalue weighted by Gasteiger charge is 2.39. The van der Waals surface area contributed by atoms with Gasteiger partial charge in [0.1, 0.15) is 0 Å². The summed E-state index contributed by atoms with van der Waals surface area (Å²) in [5.74, 6) is 1.77. The molecule has 0 amide bonds. The van der Waals surface area contributed by atoms with E-state index in [1.165, 1.54) is 31.2 Å². The topological polar surface area (TPSA) is 33.1 Å². The number of para-hydroxylation sites is 1. The lowest BCUT2D eigenvalue weighted by molar-refractivity contribution is 0.373. The molecular weight excluding hydrogens is 316 g/mol. The Morgan fingerprint density at radius 1 is 1.29 bits per heavy atom. The minimum absolute atomic E-state index is 0.589. The first kappa shape index (κ1) is 15.6. The lowest BCUT2D eigenvalue weighted by atomic mass is 9.95. The lowest BCUT2D eigenvalue weighted by Crippen LogP contribution is -2.44. The van der Waals surface area contributed by atoms with E-state index in [0.29, 0.717) is 6.04 Å². The zero-order valence-corrected chi connectivity index (χ0v) is 14.9. The second kappa shape index (κ2) is 6.55. The minimum atomic E-state index is 0.589. The molecule has 2 aromatic rings. The number of hydrogen-bond acceptors (Lipinski definition) is 2. The van der Waals surface area contributed by atoms with E-state index >= 15 is 0 Å². The lowest BCUT2D eigenvalue weighted by Gasteiger charge is -2.28. The average molecular weight is 340 g/mol. The molecule has 2 bridgehead atoms. The molecule has 3 atom stereocenters. The molecule has 0 spiro atoms. The Kier molecular flexibility index (Phi) is 4.27. The fourth-order valence-corrected chi connectivity index (χ4v) is 4.42. The Bertz CT molecular complexity index is 711. The maximum Gasteiger partial charge on any atom is 0.169 e. The van der Waals surface area contributed by atoms with Gasteiger partial charge in [0.25, 0.3) is 0 Å². The van der Waals surface area contributed by atoms with Gasteiger partial charge in [-0.3, -0.25) is 0 Å². The third kappa shape index (κ3) is 3.18. The van der Waals surface area contributed by atoms with Gasteiger partial charge < -0.3 is 10.2 Å². The van der Waals surface area contributed by atoms with Crippen LogP contribution in [0.2, 0.25) is 0 Å². The summed E-state index contributed by atoms with van der Waals surface area (Å²) in [7, 11) is 2.06. The molecule has 3 unspecified atom stereocenters. The van der Waals surface area contributed by atoms with E-state index in [1.54, 1.807) is 0 Å². The first-order valence-corrected chi connectivity index (χ1v) is 9.20. The Morgan fingerprint density at radius 2 is 2.12 bits per heavy atom. The van der Waals surface area contributed by atoms with Crippen molar-refractivity contribution in [2.75, 3.05) is 7.05 Å². The van der Waals surface area contributed by atoms with Gasteiger partial charge >= 0.3 is 0 Å². The number of hydrogen-bond donors (Lipinski definition) is 1. The van der Waals surface area contributed by atoms with Crippen molar-refractivity contribution in [3.8, 4) is 5.69 Å². The van der Waals surface area contributed by atoms with Gasteiger partial charge in [0, 0.05) is 31.4 Å². The second-order valence-corrected chi connectivity index (χ2v) is 7.60. The number of aromatic nitrogens is 2. The highest BCUT2D eigenvalue weighted by atomic mass is 32.1. The van der Waals surface area contributed by atoms with Crippen molar-refractivity contribution < 1.29 is 0 Å². The molecule has 126 valence electrons. The number of rotatable bonds is 4. The molecule has 2 aliphatic carbocycles. The van der Waals surface area contributed by atoms with Crippen molar-refractivity contribution in [3.63, 3.8) is 0 Å². The van der Waals surface area contributed by atoms with Gasteiger partial charge in [0.05, 0.1) is 11.9 Å². The smallest absolute Gasteiger partial charge is 0.169 e. The predicted octanol–water partition coefficient (Wildman–Crippen LogP) is 3.37. The van der Waals surface area contributed by atoms with Gasteiger partial charge in [0.15, 0.2) is 5.11 Å². The van der Waals surface area contributed by atoms with Crippen LogP contribution in [0.1, 0.15) is 31.2 Å². The summed E-state index contributed by atoms with van der Waals surface area (Å²) in [6.07, 6.45) is 9.48. The second-order valence-electron chi connectivity index (χ2n) is 7.22. The number of fused-ring (bicyclic) bond motifs is 2. The summed E-state index contributed by atoms with van der Waals surface area (Å²) in [6, 6.07) is 10.8. The van der Waals surface area contributed by atoms with Crippen molar-refractivity contribution >= 4 is 17.3 Å². The number of thiocarbonyl (C=S) groups is 1. The Morgan fingerprint density at radius 3 is 2.83 bits per heavy atom. The highest BCUT2D eigenvalue weighted by Crippen LogP contribution is 2.44. The minimum Gasteiger partial charge on any atom is -0.360 e. The van der Waals surface area contributed by atoms with Crippen LogP contribution in [0.25, 0.3) is 5.69 Å². The molecule has 1 heterocycles. The molecule has 2 fully saturated rings. The summed E-state index contributed by atoms with van der Waals surface area (Å²) in [5.41, 5.74) is 2.24. The van der Waals surface area contributed by atoms with Gasteiger partial charge in [-0.25, -0.2) is 4.68 Å². The molecule has 5 heteroatoms. The van der Waals surface area contributed by atoms with Crippen LogP contribution in [-0.2, 0) is 6.54 Å². The van der Waals surface area contributed by atoms with Crippen LogP contribution < -0.4 is 5.32 Å². The first-order chi connectivity index (χ1) is 11.7. The van der Waals surface area contributed by atoms with E-state index in [1.807, 2.05) is 29.1 Å². The van der Waals surface area contributed by atoms with E-state index in [2.05, 4.69) is 40.7 Å². The molecule has 1 N–H and O–H groups in total. The van der Waals surface area contributed by atoms with Crippen molar-refractivity contribution in [1.82, 2.24) is 20.0 Å². The Balaban J connectivity index is 1.35. The van der Waals surface area contributed by atoms with Gasteiger partial charge in [-0.2, -0.15) is 5.10 Å². The van der Waals surface area contributed by atoms with E-state index in [0.717, 1.165) is 29.2 Å². The zero-order valence-electron chi connectivity index (χ0n) is 14.1. The largest absolute Gasteiger partial charge is 0.360 e. The molecule has 0 saturated heterocycles. The van der Waals surface area contributed by atoms with Gasteiger partial charge in [-0.1, -0.05) is 24.6 Å². The van der Waals surface area contributed by atoms with E-state index < -0.39 is 0 Å². The molecule has 1 aromatic heterocycles. The van der Waals surface area contributed by atoms with Crippen LogP contribution in [0.4, 0.5) is 0 Å². The third-order valence-corrected chi connectivity index (χ3v) is 5.90. The van der Waals surface area contributed by atoms with Crippen LogP contribution in [0, 0.1) is 11.8 Å². The summed E-state index contributed by atoms with van der Waals surface area (Å²) < 4.78 is 1.91. The van der Waals surface area contributed by atoms with Gasteiger partial charge in [-0.15, -0.1) is 0 Å². The van der Waals surface area contributed by atoms with Gasteiger partial charge in [-0.05, 0) is 55.4 Å². The summed E-state index contributed by atoms with van der Waals surface area (Å²) in [6.45, 7) is 0.777. The SMILES string of the molecule is CN(Cc1cnn(-c2ccccc2)c1)C(=S)NC1CC2CCC1C2. The molecule has 1 aromatic carbocycles. The van der Waals surface area contributed by atoms with E-state index in [9.17, 15) is 0 Å². The molecule has 0 radical (unpaired) electrons. The van der Waals surface area contributed by atoms with Crippen LogP contribution in [0.3, 0.4) is 0 Å². The van der Waals surface area contributed by atoms with Crippen molar-refractivity contribution in [3.05, 3.63) is 48.3 Å². The van der Waals surface area contributed by atoms with Gasteiger partial charge in [0.2, 0.25) is 0 Å². The summed E-state index contributed by atoms with van der Waals surface area (Å²) >= 11 is 5.62. The third-order valence-electron chi connectivity index (χ3n) is 5.47. The van der Waals surface area contributed by atoms with Crippen molar-refractivity contribution in [2.45, 2.75) is 38.3 Å². The summed E-state index contributed by atoms with van der Waals surface area (Å²) in [4.78, 5) is 2.12. The van der Waals surface area contributed by atoms with Crippen molar-refractivity contribution in [2.24, 2.45) is 11.8 Å². The Hall–Kier alpha value is -1.88. The van der Waals surface area contributed by atoms with Crippen LogP contribution in [0.15, 0.2) is 42.7 Å². The van der Waals surface area contributed by atoms with Crippen LogP contribution in [-0.4, -0.2) is 32.9 Å². The maximum atomic E-state index is 5.62. The van der Waals surface area contributed by atoms with Crippen molar-refractivity contribution in [1.29, 1.82) is 0 Å². The fourth-order valence-electron chi connectivity index (χ4n) is 4.20. The normalized spacial score (nSPS) is 25.0. The monoisotopic (exact) mass is 340 g/mol. The molecular formula is C19H24N4S. The fraction of sp³-hybridized carbons (Fsp3) is 0.474. The average Bonchev–Trinajstić information content (AvgIpc) is 3.32. The Labute approximate surface area is 148 Å². The number of nitrogens with one attached hydrogen (secondary N) is 1. The number of nitrogens with zero attached hydrogens (tertiary/aromatic N) is 3.